The van der Waals surface area contributed by atoms with Crippen LogP contribution in [0.3, 0.4) is 0 Å². The molecule has 0 radical (unpaired) electrons. The van der Waals surface area contributed by atoms with Crippen LogP contribution in [0.5, 0.6) is 0 Å². The van der Waals surface area contributed by atoms with E-state index in [1.165, 1.54) is 22.7 Å². The van der Waals surface area contributed by atoms with E-state index in [1.807, 2.05) is 13.8 Å². The lowest BCUT2D eigenvalue weighted by atomic mass is 9.76. The van der Waals surface area contributed by atoms with Gasteiger partial charge in [-0.25, -0.2) is 16.8 Å². The number of nitrogens with zero attached hydrogens (tertiary/aromatic N) is 2. The van der Waals surface area contributed by atoms with Crippen LogP contribution in [0.15, 0.2) is 49.7 Å². The number of fused-ring (bicyclic) bond motifs is 2. The summed E-state index contributed by atoms with van der Waals surface area (Å²) in [5.74, 6) is 1.50. The smallest absolute Gasteiger partial charge is 0.455 e. The van der Waals surface area contributed by atoms with Crippen LogP contribution >= 0.6 is 15.9 Å². The van der Waals surface area contributed by atoms with E-state index in [0.29, 0.717) is 77.7 Å². The lowest BCUT2D eigenvalue weighted by Crippen LogP contribution is -2.45. The summed E-state index contributed by atoms with van der Waals surface area (Å²) < 4.78 is 80.0. The van der Waals surface area contributed by atoms with Crippen molar-refractivity contribution in [3.8, 4) is 0 Å². The summed E-state index contributed by atoms with van der Waals surface area (Å²) in [6.45, 7) is 6.07. The number of carbonyl (C=O) groups is 2. The van der Waals surface area contributed by atoms with E-state index in [4.69, 9.17) is 18.1 Å². The van der Waals surface area contributed by atoms with E-state index in [2.05, 4.69) is 45.6 Å². The lowest BCUT2D eigenvalue weighted by molar-refractivity contribution is -0.0206. The van der Waals surface area contributed by atoms with Crippen molar-refractivity contribution >= 4 is 105 Å². The maximum atomic E-state index is 13.4. The van der Waals surface area contributed by atoms with E-state index in [0.717, 1.165) is 75.0 Å². The molecule has 2 aromatic carbocycles. The van der Waals surface area contributed by atoms with Crippen LogP contribution in [0.25, 0.3) is 33.1 Å². The van der Waals surface area contributed by atoms with Crippen molar-refractivity contribution in [3.05, 3.63) is 63.5 Å². The highest BCUT2D eigenvalue weighted by Crippen LogP contribution is 2.54. The zero-order valence-corrected chi connectivity index (χ0v) is 39.8. The number of sulfonamides is 2. The third kappa shape index (κ3) is 7.92. The van der Waals surface area contributed by atoms with E-state index < -0.39 is 38.4 Å². The van der Waals surface area contributed by atoms with Gasteiger partial charge in [-0.15, -0.1) is 0 Å². The van der Waals surface area contributed by atoms with Crippen LogP contribution in [-0.4, -0.2) is 87.7 Å². The van der Waals surface area contributed by atoms with Gasteiger partial charge in [-0.05, 0) is 129 Å². The minimum atomic E-state index is -3.71. The van der Waals surface area contributed by atoms with Crippen LogP contribution < -0.4 is 24.7 Å². The molecule has 0 bridgehead atoms. The van der Waals surface area contributed by atoms with Gasteiger partial charge in [0.15, 0.2) is 0 Å². The summed E-state index contributed by atoms with van der Waals surface area (Å²) in [7, 11) is -2.08. The molecule has 2 amide bonds. The van der Waals surface area contributed by atoms with Gasteiger partial charge in [-0.1, -0.05) is 12.2 Å². The molecule has 2 N–H and O–H groups in total. The minimum Gasteiger partial charge on any atom is -0.455 e. The van der Waals surface area contributed by atoms with Gasteiger partial charge in [0.25, 0.3) is 11.8 Å². The van der Waals surface area contributed by atoms with Gasteiger partial charge in [0.1, 0.15) is 22.7 Å². The Morgan fingerprint density at radius 2 is 1.40 bits per heavy atom. The van der Waals surface area contributed by atoms with Crippen molar-refractivity contribution in [2.24, 2.45) is 17.8 Å². The molecule has 4 aromatic rings. The third-order valence-corrected chi connectivity index (χ3v) is 16.7. The first-order valence-corrected chi connectivity index (χ1v) is 25.5. The van der Waals surface area contributed by atoms with Crippen molar-refractivity contribution in [3.63, 3.8) is 0 Å². The Balaban J connectivity index is 1.03. The number of benzene rings is 2. The molecule has 1 aliphatic heterocycles. The highest BCUT2D eigenvalue weighted by molar-refractivity contribution is 9.10. The number of hydrogen-bond donors (Lipinski definition) is 2. The van der Waals surface area contributed by atoms with Gasteiger partial charge in [0, 0.05) is 61.0 Å². The molecule has 1 saturated carbocycles. The lowest BCUT2D eigenvalue weighted by Gasteiger charge is -2.36. The van der Waals surface area contributed by atoms with Crippen molar-refractivity contribution in [1.29, 1.82) is 0 Å². The number of carbonyl (C=O) groups excluding carboxylic acids is 2. The minimum absolute atomic E-state index is 0.272. The molecule has 18 heteroatoms. The van der Waals surface area contributed by atoms with Crippen LogP contribution in [0, 0.1) is 17.8 Å². The largest absolute Gasteiger partial charge is 0.497 e. The van der Waals surface area contributed by atoms with Crippen molar-refractivity contribution in [2.75, 3.05) is 49.3 Å². The average Bonchev–Trinajstić information content (AvgIpc) is 3.79. The number of amides is 2. The van der Waals surface area contributed by atoms with Crippen molar-refractivity contribution in [2.45, 2.75) is 83.3 Å². The van der Waals surface area contributed by atoms with Crippen molar-refractivity contribution < 1.29 is 44.6 Å². The van der Waals surface area contributed by atoms with Gasteiger partial charge in [0.2, 0.25) is 20.0 Å². The molecule has 0 spiro atoms. The predicted molar refractivity (Wildman–Crippen MR) is 247 cm³/mol. The Hall–Kier alpha value is -4.10. The third-order valence-electron chi connectivity index (χ3n) is 13.6. The Bertz CT molecular complexity index is 2810. The zero-order chi connectivity index (χ0) is 44.8. The van der Waals surface area contributed by atoms with Crippen LogP contribution in [0.4, 0.5) is 11.4 Å². The fourth-order valence-corrected chi connectivity index (χ4v) is 11.2. The Kier molecular flexibility index (Phi) is 11.4. The topological polar surface area (TPSA) is 178 Å². The summed E-state index contributed by atoms with van der Waals surface area (Å²) in [4.78, 5) is 26.7. The summed E-state index contributed by atoms with van der Waals surface area (Å²) in [6, 6.07) is 6.84. The van der Waals surface area contributed by atoms with Gasteiger partial charge in [0.05, 0.1) is 46.2 Å². The maximum Gasteiger partial charge on any atom is 0.497 e. The number of nitrogens with one attached hydrogen (secondary N) is 2. The van der Waals surface area contributed by atoms with Gasteiger partial charge < -0.3 is 28.8 Å². The van der Waals surface area contributed by atoms with Gasteiger partial charge in [-0.2, -0.15) is 0 Å². The Morgan fingerprint density at radius 1 is 0.823 bits per heavy atom. The maximum absolute atomic E-state index is 13.4. The second-order valence-electron chi connectivity index (χ2n) is 18.1. The molecule has 3 unspecified atom stereocenters. The fourth-order valence-electron chi connectivity index (χ4n) is 9.47. The van der Waals surface area contributed by atoms with Gasteiger partial charge in [-0.3, -0.25) is 18.2 Å². The molecular weight excluding hydrogens is 899 g/mol. The Labute approximate surface area is 372 Å². The number of allylic oxidation sites excluding steroid dienone is 4. The zero-order valence-electron chi connectivity index (χ0n) is 36.6. The first-order chi connectivity index (χ1) is 29.0. The molecule has 62 heavy (non-hydrogen) atoms. The van der Waals surface area contributed by atoms with Crippen LogP contribution in [0.1, 0.15) is 104 Å². The highest BCUT2D eigenvalue weighted by atomic mass is 79.9. The van der Waals surface area contributed by atoms with Crippen molar-refractivity contribution in [1.82, 2.24) is 10.6 Å². The van der Waals surface area contributed by atoms with Crippen LogP contribution in [-0.2, 0) is 29.4 Å². The summed E-state index contributed by atoms with van der Waals surface area (Å²) in [5.41, 5.74) is 3.30. The van der Waals surface area contributed by atoms with E-state index in [-0.39, 0.29) is 17.7 Å². The first-order valence-electron chi connectivity index (χ1n) is 21.0. The molecule has 2 aromatic heterocycles. The monoisotopic (exact) mass is 952 g/mol. The molecule has 3 heterocycles. The highest BCUT2D eigenvalue weighted by Gasteiger charge is 2.58. The fraction of sp³-hybridized carbons (Fsp3) is 0.500. The number of anilines is 2. The summed E-state index contributed by atoms with van der Waals surface area (Å²) in [5, 5.41) is 6.65. The first kappa shape index (κ1) is 44.5. The summed E-state index contributed by atoms with van der Waals surface area (Å²) in [6.07, 6.45) is 13.6. The normalized spacial score (nSPS) is 23.5. The van der Waals surface area contributed by atoms with E-state index >= 15 is 0 Å². The number of furan rings is 2. The number of rotatable bonds is 13. The molecule has 332 valence electrons. The summed E-state index contributed by atoms with van der Waals surface area (Å²) >= 11 is 3.51. The number of hydrogen-bond acceptors (Lipinski definition) is 10. The molecular formula is C44H54BBrN4O10S2. The van der Waals surface area contributed by atoms with E-state index in [1.54, 1.807) is 38.4 Å². The average molecular weight is 954 g/mol. The molecule has 14 nitrogen and oxygen atoms in total. The molecule has 8 rings (SSSR count). The SMILES string of the molecule is CNC(=O)c1c(C2=CCCC2)oc2cc(N(C)S(C)(=O)=O)c(B3OC(C)(C)C(C)(C[C@H]4CC4CC4C=C(c5oc6cc(N(C)S(C)(=O)=O)c(Br)cc6c5C(=O)NC)CC4)O3)cc12. The second-order valence-corrected chi connectivity index (χ2v) is 22.9. The van der Waals surface area contributed by atoms with Crippen LogP contribution in [0.2, 0.25) is 0 Å². The number of halogens is 1. The van der Waals surface area contributed by atoms with Gasteiger partial charge >= 0.3 is 7.12 Å². The molecule has 2 fully saturated rings. The molecule has 4 atom stereocenters. The standard InChI is InChI=1S/C44H54BBrN4O10S2/c1-43(2)44(3,60-45(59-43)31-19-29-35(21-33(31)49(6)61(8,53)54)57-39(25-12-10-11-13-25)37(29)41(51)47-4)23-28-18-27(28)17-24-14-15-26(16-24)40-38(42(52)48-5)30-20-32(46)34(22-36(30)58-40)50(7)62(9,55)56/h12,16,19-22,24,27-28H,10-11,13-15,17-18,23H2,1-9H3,(H,47,51)(H,48,52)/t24?,27?,28-,44?/m1/s1. The molecule has 3 aliphatic carbocycles. The predicted octanol–water partition coefficient (Wildman–Crippen LogP) is 7.21. The Morgan fingerprint density at radius 3 is 1.98 bits per heavy atom. The quantitative estimate of drug-likeness (QED) is 0.130. The van der Waals surface area contributed by atoms with E-state index in [9.17, 15) is 26.4 Å². The molecule has 1 saturated heterocycles. The second kappa shape index (κ2) is 15.9. The molecule has 4 aliphatic rings.